The van der Waals surface area contributed by atoms with Crippen LogP contribution in [0.4, 0.5) is 0 Å². The van der Waals surface area contributed by atoms with Crippen LogP contribution in [0.2, 0.25) is 5.82 Å². The summed E-state index contributed by atoms with van der Waals surface area (Å²) in [5.41, 5.74) is 2.92. The van der Waals surface area contributed by atoms with Crippen LogP contribution < -0.4 is 0 Å². The second-order valence-corrected chi connectivity index (χ2v) is 10.1. The molecule has 1 aromatic carbocycles. The molecular weight excluding hydrogens is 355 g/mol. The average molecular weight is 390 g/mol. The van der Waals surface area contributed by atoms with Crippen molar-refractivity contribution in [3.05, 3.63) is 59.7 Å². The Balaban J connectivity index is 1.54. The van der Waals surface area contributed by atoms with Crippen LogP contribution in [0.3, 0.4) is 0 Å². The SMILES string of the molecule is OB(O)C1CC(C2C=CCC3CCC=CC32)c2ccccc2C1C1CCCCC1. The highest BCUT2D eigenvalue weighted by Gasteiger charge is 2.47. The highest BCUT2D eigenvalue weighted by atomic mass is 16.4. The van der Waals surface area contributed by atoms with Crippen molar-refractivity contribution >= 4 is 7.12 Å². The molecule has 4 aliphatic rings. The molecule has 6 atom stereocenters. The van der Waals surface area contributed by atoms with E-state index < -0.39 is 7.12 Å². The number of rotatable bonds is 3. The summed E-state index contributed by atoms with van der Waals surface area (Å²) in [5, 5.41) is 21.0. The van der Waals surface area contributed by atoms with Crippen molar-refractivity contribution in [2.75, 3.05) is 0 Å². The quantitative estimate of drug-likeness (QED) is 0.503. The first-order valence-corrected chi connectivity index (χ1v) is 12.0. The molecule has 1 aromatic rings. The summed E-state index contributed by atoms with van der Waals surface area (Å²) in [5.74, 6) is 3.10. The third-order valence-corrected chi connectivity index (χ3v) is 8.60. The lowest BCUT2D eigenvalue weighted by Crippen LogP contribution is -2.39. The molecule has 4 aliphatic carbocycles. The molecule has 2 N–H and O–H groups in total. The van der Waals surface area contributed by atoms with Gasteiger partial charge in [0.15, 0.2) is 0 Å². The van der Waals surface area contributed by atoms with Crippen LogP contribution in [0.15, 0.2) is 48.6 Å². The zero-order valence-corrected chi connectivity index (χ0v) is 17.5. The lowest BCUT2D eigenvalue weighted by Gasteiger charge is -2.47. The fourth-order valence-corrected chi connectivity index (χ4v) is 7.29. The minimum atomic E-state index is -1.22. The van der Waals surface area contributed by atoms with Crippen molar-refractivity contribution in [2.24, 2.45) is 23.7 Å². The largest absolute Gasteiger partial charge is 0.455 e. The molecular formula is C26H35BO2. The monoisotopic (exact) mass is 390 g/mol. The lowest BCUT2D eigenvalue weighted by atomic mass is 9.50. The summed E-state index contributed by atoms with van der Waals surface area (Å²) in [6, 6.07) is 9.01. The van der Waals surface area contributed by atoms with Gasteiger partial charge in [0.25, 0.3) is 0 Å². The highest BCUT2D eigenvalue weighted by molar-refractivity contribution is 6.43. The van der Waals surface area contributed by atoms with Gasteiger partial charge in [-0.1, -0.05) is 67.8 Å². The van der Waals surface area contributed by atoms with Gasteiger partial charge in [-0.15, -0.1) is 0 Å². The number of fused-ring (bicyclic) bond motifs is 2. The Bertz CT molecular complexity index is 764. The minimum Gasteiger partial charge on any atom is -0.427 e. The van der Waals surface area contributed by atoms with Crippen LogP contribution in [0.25, 0.3) is 0 Å². The zero-order chi connectivity index (χ0) is 19.8. The zero-order valence-electron chi connectivity index (χ0n) is 17.5. The molecule has 29 heavy (non-hydrogen) atoms. The Labute approximate surface area is 176 Å². The second-order valence-electron chi connectivity index (χ2n) is 10.1. The van der Waals surface area contributed by atoms with Gasteiger partial charge in [0.05, 0.1) is 0 Å². The summed E-state index contributed by atoms with van der Waals surface area (Å²) in [6.07, 6.45) is 20.7. The van der Waals surface area contributed by atoms with E-state index in [-0.39, 0.29) is 5.82 Å². The predicted molar refractivity (Wildman–Crippen MR) is 120 cm³/mol. The Morgan fingerprint density at radius 1 is 0.793 bits per heavy atom. The van der Waals surface area contributed by atoms with E-state index in [0.29, 0.717) is 29.6 Å². The summed E-state index contributed by atoms with van der Waals surface area (Å²) >= 11 is 0. The van der Waals surface area contributed by atoms with Crippen LogP contribution in [0.1, 0.15) is 80.8 Å². The molecule has 1 fully saturated rings. The maximum absolute atomic E-state index is 10.5. The summed E-state index contributed by atoms with van der Waals surface area (Å²) < 4.78 is 0. The maximum Gasteiger partial charge on any atom is 0.455 e. The fourth-order valence-electron chi connectivity index (χ4n) is 7.29. The number of hydrogen-bond acceptors (Lipinski definition) is 2. The van der Waals surface area contributed by atoms with E-state index in [4.69, 9.17) is 0 Å². The van der Waals surface area contributed by atoms with Gasteiger partial charge in [-0.2, -0.15) is 0 Å². The Morgan fingerprint density at radius 3 is 2.34 bits per heavy atom. The molecule has 0 spiro atoms. The Hall–Kier alpha value is -1.32. The molecule has 0 heterocycles. The second kappa shape index (κ2) is 8.43. The summed E-state index contributed by atoms with van der Waals surface area (Å²) in [7, 11) is -1.22. The van der Waals surface area contributed by atoms with Crippen molar-refractivity contribution in [1.29, 1.82) is 0 Å². The van der Waals surface area contributed by atoms with E-state index in [0.717, 1.165) is 12.3 Å². The highest BCUT2D eigenvalue weighted by Crippen LogP contribution is 2.57. The first-order valence-electron chi connectivity index (χ1n) is 12.0. The van der Waals surface area contributed by atoms with Gasteiger partial charge in [-0.25, -0.2) is 0 Å². The maximum atomic E-state index is 10.5. The van der Waals surface area contributed by atoms with Crippen LogP contribution in [-0.2, 0) is 0 Å². The third-order valence-electron chi connectivity index (χ3n) is 8.60. The van der Waals surface area contributed by atoms with Crippen LogP contribution >= 0.6 is 0 Å². The van der Waals surface area contributed by atoms with Gasteiger partial charge >= 0.3 is 7.12 Å². The van der Waals surface area contributed by atoms with Gasteiger partial charge in [-0.05, 0) is 85.2 Å². The van der Waals surface area contributed by atoms with Gasteiger partial charge in [0, 0.05) is 5.82 Å². The molecule has 6 unspecified atom stereocenters. The first-order chi connectivity index (χ1) is 14.2. The number of benzene rings is 1. The van der Waals surface area contributed by atoms with E-state index in [2.05, 4.69) is 48.6 Å². The van der Waals surface area contributed by atoms with Gasteiger partial charge in [-0.3, -0.25) is 0 Å². The molecule has 1 saturated carbocycles. The van der Waals surface area contributed by atoms with Crippen LogP contribution in [0.5, 0.6) is 0 Å². The van der Waals surface area contributed by atoms with E-state index in [1.807, 2.05) is 0 Å². The molecule has 154 valence electrons. The molecule has 2 nitrogen and oxygen atoms in total. The first kappa shape index (κ1) is 19.6. The predicted octanol–water partition coefficient (Wildman–Crippen LogP) is 5.84. The van der Waals surface area contributed by atoms with E-state index >= 15 is 0 Å². The molecule has 0 aromatic heterocycles. The summed E-state index contributed by atoms with van der Waals surface area (Å²) in [4.78, 5) is 0. The van der Waals surface area contributed by atoms with E-state index in [9.17, 15) is 10.0 Å². The standard InChI is InChI=1S/C26H35BO2/c28-27(29)25-17-24(21-16-8-12-18-9-4-5-13-20(18)21)22-14-6-7-15-23(22)26(25)19-10-2-1-3-11-19/h5-8,13-16,18-21,24-26,28-29H,1-4,9-12,17H2. The molecule has 0 radical (unpaired) electrons. The van der Waals surface area contributed by atoms with Gasteiger partial charge in [0.2, 0.25) is 0 Å². The van der Waals surface area contributed by atoms with Crippen LogP contribution in [0, 0.1) is 23.7 Å². The van der Waals surface area contributed by atoms with Crippen molar-refractivity contribution < 1.29 is 10.0 Å². The molecule has 0 bridgehead atoms. The number of hydrogen-bond donors (Lipinski definition) is 2. The lowest BCUT2D eigenvalue weighted by molar-refractivity contribution is 0.205. The van der Waals surface area contributed by atoms with E-state index in [1.165, 1.54) is 62.5 Å². The topological polar surface area (TPSA) is 40.5 Å². The van der Waals surface area contributed by atoms with Gasteiger partial charge in [0.1, 0.15) is 0 Å². The van der Waals surface area contributed by atoms with Crippen molar-refractivity contribution in [2.45, 2.75) is 75.4 Å². The fraction of sp³-hybridized carbons (Fsp3) is 0.615. The Kier molecular flexibility index (Phi) is 5.71. The number of allylic oxidation sites excluding steroid dienone is 4. The molecule has 0 aliphatic heterocycles. The molecule has 0 amide bonds. The average Bonchev–Trinajstić information content (AvgIpc) is 2.78. The molecule has 3 heteroatoms. The smallest absolute Gasteiger partial charge is 0.427 e. The van der Waals surface area contributed by atoms with Crippen molar-refractivity contribution in [1.82, 2.24) is 0 Å². The Morgan fingerprint density at radius 2 is 1.55 bits per heavy atom. The van der Waals surface area contributed by atoms with Crippen molar-refractivity contribution in [3.63, 3.8) is 0 Å². The van der Waals surface area contributed by atoms with E-state index in [1.54, 1.807) is 0 Å². The third kappa shape index (κ3) is 3.66. The normalized spacial score (nSPS) is 37.0. The molecule has 0 saturated heterocycles. The van der Waals surface area contributed by atoms with Gasteiger partial charge < -0.3 is 10.0 Å². The summed E-state index contributed by atoms with van der Waals surface area (Å²) in [6.45, 7) is 0. The minimum absolute atomic E-state index is 0.0423. The van der Waals surface area contributed by atoms with Crippen LogP contribution in [-0.4, -0.2) is 17.2 Å². The molecule has 5 rings (SSSR count). The van der Waals surface area contributed by atoms with Crippen molar-refractivity contribution in [3.8, 4) is 0 Å².